The number of anilines is 1. The maximum Gasteiger partial charge on any atom is 0.0398 e. The molecule has 0 bridgehead atoms. The number of para-hydroxylation sites is 1. The van der Waals surface area contributed by atoms with Gasteiger partial charge < -0.3 is 10.6 Å². The summed E-state index contributed by atoms with van der Waals surface area (Å²) >= 11 is 0. The quantitative estimate of drug-likeness (QED) is 0.797. The number of benzene rings is 1. The van der Waals surface area contributed by atoms with Crippen molar-refractivity contribution in [2.45, 2.75) is 38.6 Å². The molecule has 0 aliphatic carbocycles. The zero-order valence-corrected chi connectivity index (χ0v) is 10.5. The molecule has 0 aromatic heterocycles. The first-order valence-electron chi connectivity index (χ1n) is 6.14. The normalized spacial score (nSPS) is 21.1. The molecule has 0 amide bonds. The highest BCUT2D eigenvalue weighted by atomic mass is 15.0. The third-order valence-electron chi connectivity index (χ3n) is 3.16. The highest BCUT2D eigenvalue weighted by Gasteiger charge is 2.20. The Morgan fingerprint density at radius 1 is 1.25 bits per heavy atom. The van der Waals surface area contributed by atoms with E-state index in [1.54, 1.807) is 0 Å². The fraction of sp³-hybridized carbons (Fsp3) is 0.571. The Morgan fingerprint density at radius 2 is 2.00 bits per heavy atom. The molecule has 0 spiro atoms. The molecule has 0 saturated carbocycles. The molecule has 1 aromatic carbocycles. The molecule has 2 rings (SSSR count). The smallest absolute Gasteiger partial charge is 0.0398 e. The highest BCUT2D eigenvalue weighted by Crippen LogP contribution is 2.29. The second kappa shape index (κ2) is 4.46. The van der Waals surface area contributed by atoms with Crippen LogP contribution in [-0.4, -0.2) is 19.1 Å². The molecule has 2 nitrogen and oxygen atoms in total. The fourth-order valence-electron chi connectivity index (χ4n) is 2.26. The Labute approximate surface area is 98.4 Å². The van der Waals surface area contributed by atoms with E-state index < -0.39 is 0 Å². The third-order valence-corrected chi connectivity index (χ3v) is 3.16. The van der Waals surface area contributed by atoms with E-state index >= 15 is 0 Å². The van der Waals surface area contributed by atoms with Gasteiger partial charge in [-0.1, -0.05) is 39.0 Å². The Bertz CT molecular complexity index is 346. The first kappa shape index (κ1) is 11.5. The number of hydrogen-bond acceptors (Lipinski definition) is 2. The molecule has 1 aliphatic heterocycles. The molecule has 1 unspecified atom stereocenters. The van der Waals surface area contributed by atoms with Gasteiger partial charge in [0.2, 0.25) is 0 Å². The van der Waals surface area contributed by atoms with Crippen molar-refractivity contribution in [1.82, 2.24) is 5.32 Å². The Kier molecular flexibility index (Phi) is 3.20. The largest absolute Gasteiger partial charge is 0.381 e. The molecule has 2 N–H and O–H groups in total. The first-order valence-corrected chi connectivity index (χ1v) is 6.14. The van der Waals surface area contributed by atoms with Crippen LogP contribution in [0.4, 0.5) is 5.69 Å². The highest BCUT2D eigenvalue weighted by molar-refractivity contribution is 5.54. The predicted octanol–water partition coefficient (Wildman–Crippen LogP) is 2.76. The average Bonchev–Trinajstić information content (AvgIpc) is 2.70. The molecule has 1 aliphatic rings. The molecular weight excluding hydrogens is 196 g/mol. The summed E-state index contributed by atoms with van der Waals surface area (Å²) in [6, 6.07) is 9.24. The summed E-state index contributed by atoms with van der Waals surface area (Å²) in [6.07, 6.45) is 1.22. The van der Waals surface area contributed by atoms with Gasteiger partial charge in [-0.25, -0.2) is 0 Å². The van der Waals surface area contributed by atoms with Gasteiger partial charge in [0.05, 0.1) is 0 Å². The van der Waals surface area contributed by atoms with Crippen molar-refractivity contribution in [2.24, 2.45) is 0 Å². The summed E-state index contributed by atoms with van der Waals surface area (Å²) < 4.78 is 0. The first-order chi connectivity index (χ1) is 7.57. The van der Waals surface area contributed by atoms with Crippen LogP contribution in [0.15, 0.2) is 24.3 Å². The second-order valence-electron chi connectivity index (χ2n) is 5.63. The lowest BCUT2D eigenvalue weighted by atomic mass is 9.85. The van der Waals surface area contributed by atoms with Gasteiger partial charge in [0.25, 0.3) is 0 Å². The average molecular weight is 218 g/mol. The lowest BCUT2D eigenvalue weighted by Crippen LogP contribution is -2.24. The molecule has 1 atom stereocenters. The monoisotopic (exact) mass is 218 g/mol. The van der Waals surface area contributed by atoms with Crippen LogP contribution in [0.3, 0.4) is 0 Å². The van der Waals surface area contributed by atoms with Crippen LogP contribution in [0.2, 0.25) is 0 Å². The Hall–Kier alpha value is -1.02. The topological polar surface area (TPSA) is 24.1 Å². The van der Waals surface area contributed by atoms with Gasteiger partial charge in [-0.15, -0.1) is 0 Å². The second-order valence-corrected chi connectivity index (χ2v) is 5.63. The van der Waals surface area contributed by atoms with E-state index in [-0.39, 0.29) is 5.41 Å². The fourth-order valence-corrected chi connectivity index (χ4v) is 2.26. The minimum Gasteiger partial charge on any atom is -0.381 e. The van der Waals surface area contributed by atoms with E-state index in [1.807, 2.05) is 0 Å². The summed E-state index contributed by atoms with van der Waals surface area (Å²) in [7, 11) is 0. The zero-order chi connectivity index (χ0) is 11.6. The summed E-state index contributed by atoms with van der Waals surface area (Å²) in [5.41, 5.74) is 2.90. The van der Waals surface area contributed by atoms with E-state index in [4.69, 9.17) is 0 Å². The molecular formula is C14H22N2. The van der Waals surface area contributed by atoms with E-state index in [9.17, 15) is 0 Å². The standard InChI is InChI=1S/C14H22N2/c1-14(2,3)12-6-4-5-7-13(12)16-11-8-9-15-10-11/h4-7,11,15-16H,8-10H2,1-3H3. The van der Waals surface area contributed by atoms with Crippen molar-refractivity contribution in [2.75, 3.05) is 18.4 Å². The molecule has 88 valence electrons. The lowest BCUT2D eigenvalue weighted by molar-refractivity contribution is 0.590. The predicted molar refractivity (Wildman–Crippen MR) is 70.0 cm³/mol. The zero-order valence-electron chi connectivity index (χ0n) is 10.5. The minimum absolute atomic E-state index is 0.204. The molecule has 0 radical (unpaired) electrons. The van der Waals surface area contributed by atoms with Gasteiger partial charge >= 0.3 is 0 Å². The number of hydrogen-bond donors (Lipinski definition) is 2. The molecule has 1 saturated heterocycles. The molecule has 2 heteroatoms. The van der Waals surface area contributed by atoms with Gasteiger partial charge in [-0.05, 0) is 30.0 Å². The van der Waals surface area contributed by atoms with E-state index in [1.165, 1.54) is 17.7 Å². The van der Waals surface area contributed by atoms with Crippen LogP contribution < -0.4 is 10.6 Å². The van der Waals surface area contributed by atoms with Gasteiger partial charge in [-0.3, -0.25) is 0 Å². The van der Waals surface area contributed by atoms with Crippen molar-refractivity contribution in [1.29, 1.82) is 0 Å². The summed E-state index contributed by atoms with van der Waals surface area (Å²) in [5, 5.41) is 7.04. The number of rotatable bonds is 2. The number of nitrogens with one attached hydrogen (secondary N) is 2. The van der Waals surface area contributed by atoms with Gasteiger partial charge in [0.15, 0.2) is 0 Å². The third kappa shape index (κ3) is 2.56. The van der Waals surface area contributed by atoms with Crippen molar-refractivity contribution in [3.05, 3.63) is 29.8 Å². The van der Waals surface area contributed by atoms with Crippen molar-refractivity contribution in [3.63, 3.8) is 0 Å². The maximum atomic E-state index is 3.65. The lowest BCUT2D eigenvalue weighted by Gasteiger charge is -2.25. The van der Waals surface area contributed by atoms with Gasteiger partial charge in [0.1, 0.15) is 0 Å². The Morgan fingerprint density at radius 3 is 2.62 bits per heavy atom. The van der Waals surface area contributed by atoms with Crippen LogP contribution in [-0.2, 0) is 5.41 Å². The van der Waals surface area contributed by atoms with E-state index in [0.717, 1.165) is 13.1 Å². The summed E-state index contributed by atoms with van der Waals surface area (Å²) in [4.78, 5) is 0. The van der Waals surface area contributed by atoms with Crippen LogP contribution >= 0.6 is 0 Å². The minimum atomic E-state index is 0.204. The maximum absolute atomic E-state index is 3.65. The van der Waals surface area contributed by atoms with Crippen LogP contribution in [0.1, 0.15) is 32.8 Å². The van der Waals surface area contributed by atoms with Crippen LogP contribution in [0.5, 0.6) is 0 Å². The van der Waals surface area contributed by atoms with Crippen molar-refractivity contribution in [3.8, 4) is 0 Å². The van der Waals surface area contributed by atoms with E-state index in [2.05, 4.69) is 55.7 Å². The van der Waals surface area contributed by atoms with Crippen molar-refractivity contribution < 1.29 is 0 Å². The Balaban J connectivity index is 2.19. The summed E-state index contributed by atoms with van der Waals surface area (Å²) in [5.74, 6) is 0. The molecule has 1 fully saturated rings. The molecule has 1 aromatic rings. The SMILES string of the molecule is CC(C)(C)c1ccccc1NC1CCNC1. The van der Waals surface area contributed by atoms with Crippen LogP contribution in [0.25, 0.3) is 0 Å². The van der Waals surface area contributed by atoms with Gasteiger partial charge in [-0.2, -0.15) is 0 Å². The molecule has 16 heavy (non-hydrogen) atoms. The molecule has 1 heterocycles. The van der Waals surface area contributed by atoms with Gasteiger partial charge in [0, 0.05) is 18.3 Å². The van der Waals surface area contributed by atoms with Crippen molar-refractivity contribution >= 4 is 5.69 Å². The van der Waals surface area contributed by atoms with E-state index in [0.29, 0.717) is 6.04 Å². The summed E-state index contributed by atoms with van der Waals surface area (Å²) in [6.45, 7) is 9.01. The van der Waals surface area contributed by atoms with Crippen LogP contribution in [0, 0.1) is 0 Å².